The molecule has 2 N–H and O–H groups in total. The number of hydrogen-bond acceptors (Lipinski definition) is 3. The highest BCUT2D eigenvalue weighted by atomic mass is 35.5. The number of pyridine rings is 1. The van der Waals surface area contributed by atoms with Crippen LogP contribution in [0.5, 0.6) is 0 Å². The molecule has 132 valence electrons. The minimum atomic E-state index is -0.201. The first-order valence-electron chi connectivity index (χ1n) is 8.41. The largest absolute Gasteiger partial charge is 0.340 e. The fourth-order valence-electron chi connectivity index (χ4n) is 2.45. The van der Waals surface area contributed by atoms with Crippen LogP contribution in [0.15, 0.2) is 66.9 Å². The van der Waals surface area contributed by atoms with Crippen LogP contribution in [0.2, 0.25) is 5.02 Å². The van der Waals surface area contributed by atoms with E-state index in [-0.39, 0.29) is 5.91 Å². The standard InChI is InChI=1S/C21H20ClN3O/c1-14(2)15-5-9-18(10-6-15)24-20-12-11-19(13-23-20)25-21(26)16-3-7-17(22)8-4-16/h3-14H,1-2H3,(H,23,24)(H,25,26). The zero-order valence-corrected chi connectivity index (χ0v) is 15.4. The minimum absolute atomic E-state index is 0.201. The van der Waals surface area contributed by atoms with Gasteiger partial charge >= 0.3 is 0 Å². The van der Waals surface area contributed by atoms with E-state index in [1.807, 2.05) is 24.3 Å². The lowest BCUT2D eigenvalue weighted by Crippen LogP contribution is -2.11. The second-order valence-electron chi connectivity index (χ2n) is 6.29. The molecular weight excluding hydrogens is 346 g/mol. The molecule has 0 radical (unpaired) electrons. The van der Waals surface area contributed by atoms with E-state index in [2.05, 4.69) is 41.6 Å². The maximum Gasteiger partial charge on any atom is 0.255 e. The lowest BCUT2D eigenvalue weighted by Gasteiger charge is -2.10. The monoisotopic (exact) mass is 365 g/mol. The Morgan fingerprint density at radius 2 is 1.58 bits per heavy atom. The highest BCUT2D eigenvalue weighted by Crippen LogP contribution is 2.20. The van der Waals surface area contributed by atoms with E-state index in [1.165, 1.54) is 5.56 Å². The van der Waals surface area contributed by atoms with E-state index in [9.17, 15) is 4.79 Å². The predicted octanol–water partition coefficient (Wildman–Crippen LogP) is 5.85. The third kappa shape index (κ3) is 4.61. The number of nitrogens with zero attached hydrogens (tertiary/aromatic N) is 1. The van der Waals surface area contributed by atoms with Gasteiger partial charge in [-0.3, -0.25) is 4.79 Å². The van der Waals surface area contributed by atoms with Crippen LogP contribution in [0.25, 0.3) is 0 Å². The fraction of sp³-hybridized carbons (Fsp3) is 0.143. The second-order valence-corrected chi connectivity index (χ2v) is 6.73. The van der Waals surface area contributed by atoms with Crippen LogP contribution in [0.3, 0.4) is 0 Å². The van der Waals surface area contributed by atoms with E-state index in [4.69, 9.17) is 11.6 Å². The molecule has 0 aliphatic rings. The Kier molecular flexibility index (Phi) is 5.54. The molecule has 2 aromatic carbocycles. The van der Waals surface area contributed by atoms with Gasteiger partial charge in [0, 0.05) is 16.3 Å². The van der Waals surface area contributed by atoms with Gasteiger partial charge in [-0.25, -0.2) is 4.98 Å². The molecule has 0 atom stereocenters. The van der Waals surface area contributed by atoms with Crippen LogP contribution < -0.4 is 10.6 Å². The zero-order chi connectivity index (χ0) is 18.5. The number of benzene rings is 2. The molecule has 1 heterocycles. The van der Waals surface area contributed by atoms with Gasteiger partial charge in [-0.2, -0.15) is 0 Å². The SMILES string of the molecule is CC(C)c1ccc(Nc2ccc(NC(=O)c3ccc(Cl)cc3)cn2)cc1. The van der Waals surface area contributed by atoms with E-state index < -0.39 is 0 Å². The Morgan fingerprint density at radius 1 is 0.923 bits per heavy atom. The molecule has 0 bridgehead atoms. The Balaban J connectivity index is 1.62. The number of anilines is 3. The first-order chi connectivity index (χ1) is 12.5. The summed E-state index contributed by atoms with van der Waals surface area (Å²) in [7, 11) is 0. The number of rotatable bonds is 5. The highest BCUT2D eigenvalue weighted by Gasteiger charge is 2.06. The number of halogens is 1. The maximum atomic E-state index is 12.2. The molecule has 3 aromatic rings. The number of nitrogens with one attached hydrogen (secondary N) is 2. The van der Waals surface area contributed by atoms with Crippen molar-refractivity contribution >= 4 is 34.7 Å². The lowest BCUT2D eigenvalue weighted by molar-refractivity contribution is 0.102. The smallest absolute Gasteiger partial charge is 0.255 e. The predicted molar refractivity (Wildman–Crippen MR) is 107 cm³/mol. The molecular formula is C21H20ClN3O. The summed E-state index contributed by atoms with van der Waals surface area (Å²) < 4.78 is 0. The van der Waals surface area contributed by atoms with E-state index in [0.717, 1.165) is 5.69 Å². The number of aromatic nitrogens is 1. The topological polar surface area (TPSA) is 54.0 Å². The molecule has 0 saturated heterocycles. The van der Waals surface area contributed by atoms with Gasteiger partial charge in [0.2, 0.25) is 0 Å². The van der Waals surface area contributed by atoms with Crippen LogP contribution in [-0.4, -0.2) is 10.9 Å². The summed E-state index contributed by atoms with van der Waals surface area (Å²) >= 11 is 5.84. The summed E-state index contributed by atoms with van der Waals surface area (Å²) in [4.78, 5) is 16.5. The zero-order valence-electron chi connectivity index (χ0n) is 14.7. The van der Waals surface area contributed by atoms with Crippen molar-refractivity contribution < 1.29 is 4.79 Å². The van der Waals surface area contributed by atoms with Crippen molar-refractivity contribution in [1.82, 2.24) is 4.98 Å². The van der Waals surface area contributed by atoms with Gasteiger partial charge in [0.05, 0.1) is 11.9 Å². The van der Waals surface area contributed by atoms with Crippen molar-refractivity contribution in [2.75, 3.05) is 10.6 Å². The average molecular weight is 366 g/mol. The van der Waals surface area contributed by atoms with Crippen LogP contribution in [0, 0.1) is 0 Å². The molecule has 0 fully saturated rings. The van der Waals surface area contributed by atoms with Crippen LogP contribution in [0.1, 0.15) is 35.7 Å². The van der Waals surface area contributed by atoms with E-state index in [0.29, 0.717) is 28.0 Å². The third-order valence-electron chi connectivity index (χ3n) is 3.98. The van der Waals surface area contributed by atoms with Gasteiger partial charge in [0.25, 0.3) is 5.91 Å². The first-order valence-corrected chi connectivity index (χ1v) is 8.79. The number of carbonyl (C=O) groups excluding carboxylic acids is 1. The average Bonchev–Trinajstić information content (AvgIpc) is 2.64. The van der Waals surface area contributed by atoms with Crippen molar-refractivity contribution in [3.63, 3.8) is 0 Å². The summed E-state index contributed by atoms with van der Waals surface area (Å²) in [5.41, 5.74) is 3.44. The van der Waals surface area contributed by atoms with Crippen molar-refractivity contribution in [3.05, 3.63) is 83.0 Å². The van der Waals surface area contributed by atoms with Gasteiger partial charge < -0.3 is 10.6 Å². The molecule has 0 spiro atoms. The van der Waals surface area contributed by atoms with Gasteiger partial charge in [-0.1, -0.05) is 37.6 Å². The Bertz CT molecular complexity index is 873. The van der Waals surface area contributed by atoms with Gasteiger partial charge in [0.1, 0.15) is 5.82 Å². The number of carbonyl (C=O) groups is 1. The van der Waals surface area contributed by atoms with Gasteiger partial charge in [0.15, 0.2) is 0 Å². The molecule has 3 rings (SSSR count). The molecule has 0 aliphatic carbocycles. The van der Waals surface area contributed by atoms with E-state index >= 15 is 0 Å². The Labute approximate surface area is 158 Å². The highest BCUT2D eigenvalue weighted by molar-refractivity contribution is 6.30. The summed E-state index contributed by atoms with van der Waals surface area (Å²) in [6.07, 6.45) is 1.62. The number of hydrogen-bond donors (Lipinski definition) is 2. The van der Waals surface area contributed by atoms with E-state index in [1.54, 1.807) is 30.5 Å². The molecule has 4 nitrogen and oxygen atoms in total. The number of amides is 1. The lowest BCUT2D eigenvalue weighted by atomic mass is 10.0. The summed E-state index contributed by atoms with van der Waals surface area (Å²) in [5, 5.41) is 6.66. The van der Waals surface area contributed by atoms with Crippen LogP contribution >= 0.6 is 11.6 Å². The van der Waals surface area contributed by atoms with Crippen molar-refractivity contribution in [1.29, 1.82) is 0 Å². The van der Waals surface area contributed by atoms with Gasteiger partial charge in [-0.05, 0) is 60.0 Å². The van der Waals surface area contributed by atoms with Crippen molar-refractivity contribution in [2.45, 2.75) is 19.8 Å². The minimum Gasteiger partial charge on any atom is -0.340 e. The Hall–Kier alpha value is -2.85. The van der Waals surface area contributed by atoms with Gasteiger partial charge in [-0.15, -0.1) is 0 Å². The van der Waals surface area contributed by atoms with Crippen molar-refractivity contribution in [3.8, 4) is 0 Å². The molecule has 26 heavy (non-hydrogen) atoms. The molecule has 0 unspecified atom stereocenters. The first kappa shape index (κ1) is 18.0. The van der Waals surface area contributed by atoms with Crippen LogP contribution in [0.4, 0.5) is 17.2 Å². The molecule has 0 saturated carbocycles. The fourth-order valence-corrected chi connectivity index (χ4v) is 2.57. The maximum absolute atomic E-state index is 12.2. The molecule has 0 aliphatic heterocycles. The quantitative estimate of drug-likeness (QED) is 0.595. The van der Waals surface area contributed by atoms with Crippen molar-refractivity contribution in [2.24, 2.45) is 0 Å². The second kappa shape index (κ2) is 8.02. The summed E-state index contributed by atoms with van der Waals surface area (Å²) in [5.74, 6) is 1.02. The molecule has 5 heteroatoms. The third-order valence-corrected chi connectivity index (χ3v) is 4.23. The summed E-state index contributed by atoms with van der Waals surface area (Å²) in [6, 6.07) is 18.7. The molecule has 1 amide bonds. The molecule has 1 aromatic heterocycles. The van der Waals surface area contributed by atoms with Crippen LogP contribution in [-0.2, 0) is 0 Å². The Morgan fingerprint density at radius 3 is 2.15 bits per heavy atom. The summed E-state index contributed by atoms with van der Waals surface area (Å²) in [6.45, 7) is 4.34. The normalized spacial score (nSPS) is 10.6.